The van der Waals surface area contributed by atoms with Gasteiger partial charge in [-0.2, -0.15) is 0 Å². The summed E-state index contributed by atoms with van der Waals surface area (Å²) in [4.78, 5) is 14.3. The molecule has 0 atom stereocenters. The molecule has 0 unspecified atom stereocenters. The second-order valence-electron chi connectivity index (χ2n) is 5.99. The van der Waals surface area contributed by atoms with Gasteiger partial charge in [-0.15, -0.1) is 4.83 Å². The maximum Gasteiger partial charge on any atom is 0.269 e. The van der Waals surface area contributed by atoms with Crippen LogP contribution < -0.4 is 10.3 Å². The lowest BCUT2D eigenvalue weighted by Crippen LogP contribution is -2.46. The fraction of sp³-hybridized carbons (Fsp3) is 0.562. The molecule has 1 amide bonds. The Hall–Kier alpha value is -1.47. The molecule has 1 fully saturated rings. The average molecular weight is 342 g/mol. The molecule has 0 bridgehead atoms. The van der Waals surface area contributed by atoms with Gasteiger partial charge >= 0.3 is 0 Å². The van der Waals surface area contributed by atoms with E-state index in [0.717, 1.165) is 24.8 Å². The summed E-state index contributed by atoms with van der Waals surface area (Å²) in [5, 5.41) is -0.495. The molecular formula is C16H23FN2O3S. The maximum absolute atomic E-state index is 14.1. The summed E-state index contributed by atoms with van der Waals surface area (Å²) < 4.78 is 38.5. The van der Waals surface area contributed by atoms with Gasteiger partial charge < -0.3 is 0 Å². The van der Waals surface area contributed by atoms with E-state index in [1.54, 1.807) is 13.0 Å². The zero-order valence-corrected chi connectivity index (χ0v) is 14.3. The Morgan fingerprint density at radius 1 is 1.26 bits per heavy atom. The Morgan fingerprint density at radius 3 is 2.52 bits per heavy atom. The standard InChI is InChI=1S/C16H23FN2O3S/c1-3-12-9-11(2)15(17)14(10-12)16(20)18-19-23(21,22)13-7-5-4-6-8-13/h9-10,13,19H,3-8H2,1-2H3,(H,18,20). The minimum atomic E-state index is -3.63. The van der Waals surface area contributed by atoms with Crippen LogP contribution in [0.25, 0.3) is 0 Å². The summed E-state index contributed by atoms with van der Waals surface area (Å²) in [7, 11) is -3.63. The Kier molecular flexibility index (Phi) is 5.75. The van der Waals surface area contributed by atoms with E-state index in [9.17, 15) is 17.6 Å². The molecule has 0 radical (unpaired) electrons. The van der Waals surface area contributed by atoms with Crippen molar-refractivity contribution in [3.8, 4) is 0 Å². The van der Waals surface area contributed by atoms with Crippen molar-refractivity contribution < 1.29 is 17.6 Å². The number of carbonyl (C=O) groups excluding carboxylic acids is 1. The average Bonchev–Trinajstić information content (AvgIpc) is 2.56. The Bertz CT molecular complexity index is 683. The predicted octanol–water partition coefficient (Wildman–Crippen LogP) is 2.59. The van der Waals surface area contributed by atoms with Crippen molar-refractivity contribution >= 4 is 15.9 Å². The van der Waals surface area contributed by atoms with E-state index in [-0.39, 0.29) is 5.56 Å². The number of aryl methyl sites for hydroxylation is 2. The summed E-state index contributed by atoms with van der Waals surface area (Å²) in [6, 6.07) is 3.13. The molecule has 1 aliphatic rings. The fourth-order valence-corrected chi connectivity index (χ4v) is 4.21. The normalized spacial score (nSPS) is 16.3. The van der Waals surface area contributed by atoms with E-state index < -0.39 is 27.0 Å². The van der Waals surface area contributed by atoms with Gasteiger partial charge in [0.15, 0.2) is 0 Å². The van der Waals surface area contributed by atoms with Crippen LogP contribution in [0.1, 0.15) is 60.5 Å². The molecule has 0 aliphatic heterocycles. The molecule has 2 rings (SSSR count). The number of sulfonamides is 1. The molecular weight excluding hydrogens is 319 g/mol. The molecule has 1 aliphatic carbocycles. The highest BCUT2D eigenvalue weighted by Gasteiger charge is 2.28. The smallest absolute Gasteiger partial charge is 0.269 e. The van der Waals surface area contributed by atoms with Gasteiger partial charge in [0.25, 0.3) is 5.91 Å². The van der Waals surface area contributed by atoms with Crippen LogP contribution >= 0.6 is 0 Å². The van der Waals surface area contributed by atoms with Gasteiger partial charge in [-0.25, -0.2) is 12.8 Å². The minimum Gasteiger partial charge on any atom is -0.274 e. The summed E-state index contributed by atoms with van der Waals surface area (Å²) >= 11 is 0. The topological polar surface area (TPSA) is 75.3 Å². The molecule has 0 spiro atoms. The lowest BCUT2D eigenvalue weighted by molar-refractivity contribution is 0.0940. The number of benzene rings is 1. The summed E-state index contributed by atoms with van der Waals surface area (Å²) in [6.45, 7) is 3.48. The zero-order chi connectivity index (χ0) is 17.0. The highest BCUT2D eigenvalue weighted by Crippen LogP contribution is 2.22. The minimum absolute atomic E-state index is 0.145. The van der Waals surface area contributed by atoms with Gasteiger partial charge in [-0.1, -0.05) is 32.3 Å². The van der Waals surface area contributed by atoms with Crippen molar-refractivity contribution in [2.45, 2.75) is 57.6 Å². The first kappa shape index (κ1) is 17.9. The van der Waals surface area contributed by atoms with Crippen LogP contribution in [0, 0.1) is 12.7 Å². The summed E-state index contributed by atoms with van der Waals surface area (Å²) in [6.07, 6.45) is 4.60. The van der Waals surface area contributed by atoms with Crippen LogP contribution in [0.15, 0.2) is 12.1 Å². The summed E-state index contributed by atoms with van der Waals surface area (Å²) in [5.74, 6) is -1.41. The predicted molar refractivity (Wildman–Crippen MR) is 86.9 cm³/mol. The number of hydrazine groups is 1. The van der Waals surface area contributed by atoms with Gasteiger partial charge in [-0.3, -0.25) is 10.2 Å². The largest absolute Gasteiger partial charge is 0.274 e. The van der Waals surface area contributed by atoms with Gasteiger partial charge in [0.1, 0.15) is 5.82 Å². The second kappa shape index (κ2) is 7.40. The van der Waals surface area contributed by atoms with Crippen LogP contribution in [0.3, 0.4) is 0 Å². The van der Waals surface area contributed by atoms with Crippen molar-refractivity contribution in [1.82, 2.24) is 10.3 Å². The number of hydrogen-bond donors (Lipinski definition) is 2. The zero-order valence-electron chi connectivity index (χ0n) is 13.5. The molecule has 128 valence electrons. The van der Waals surface area contributed by atoms with Crippen LogP contribution in [0.2, 0.25) is 0 Å². The van der Waals surface area contributed by atoms with Crippen molar-refractivity contribution in [2.24, 2.45) is 0 Å². The number of rotatable bonds is 5. The maximum atomic E-state index is 14.1. The quantitative estimate of drug-likeness (QED) is 0.808. The van der Waals surface area contributed by atoms with Gasteiger partial charge in [0.05, 0.1) is 10.8 Å². The molecule has 1 aromatic rings. The van der Waals surface area contributed by atoms with E-state index >= 15 is 0 Å². The van der Waals surface area contributed by atoms with Crippen LogP contribution in [0.5, 0.6) is 0 Å². The third-order valence-corrected chi connectivity index (χ3v) is 6.00. The monoisotopic (exact) mass is 342 g/mol. The SMILES string of the molecule is CCc1cc(C)c(F)c(C(=O)NNS(=O)(=O)C2CCCCC2)c1. The lowest BCUT2D eigenvalue weighted by atomic mass is 10.0. The number of hydrogen-bond acceptors (Lipinski definition) is 3. The van der Waals surface area contributed by atoms with Crippen LogP contribution in [0.4, 0.5) is 4.39 Å². The molecule has 7 heteroatoms. The first-order valence-corrected chi connectivity index (χ1v) is 9.49. The molecule has 0 saturated heterocycles. The molecule has 0 heterocycles. The molecule has 1 saturated carbocycles. The van der Waals surface area contributed by atoms with E-state index in [2.05, 4.69) is 10.3 Å². The summed E-state index contributed by atoms with van der Waals surface area (Å²) in [5.41, 5.74) is 3.18. The number of amides is 1. The molecule has 1 aromatic carbocycles. The third kappa shape index (κ3) is 4.29. The van der Waals surface area contributed by atoms with Crippen molar-refractivity contribution in [2.75, 3.05) is 0 Å². The van der Waals surface area contributed by atoms with Gasteiger partial charge in [-0.05, 0) is 43.4 Å². The van der Waals surface area contributed by atoms with Gasteiger partial charge in [0.2, 0.25) is 10.0 Å². The van der Waals surface area contributed by atoms with E-state index in [0.29, 0.717) is 24.8 Å². The Morgan fingerprint density at radius 2 is 1.91 bits per heavy atom. The highest BCUT2D eigenvalue weighted by molar-refractivity contribution is 7.90. The fourth-order valence-electron chi connectivity index (χ4n) is 2.86. The van der Waals surface area contributed by atoms with Crippen LogP contribution in [-0.4, -0.2) is 19.6 Å². The number of halogens is 1. The number of carbonyl (C=O) groups is 1. The Balaban J connectivity index is 2.09. The van der Waals surface area contributed by atoms with Gasteiger partial charge in [0, 0.05) is 0 Å². The van der Waals surface area contributed by atoms with Crippen molar-refractivity contribution in [3.05, 3.63) is 34.6 Å². The van der Waals surface area contributed by atoms with E-state index in [4.69, 9.17) is 0 Å². The molecule has 0 aromatic heterocycles. The van der Waals surface area contributed by atoms with Crippen LogP contribution in [-0.2, 0) is 16.4 Å². The first-order valence-electron chi connectivity index (χ1n) is 7.95. The number of nitrogens with one attached hydrogen (secondary N) is 2. The second-order valence-corrected chi connectivity index (χ2v) is 7.95. The van der Waals surface area contributed by atoms with Crippen molar-refractivity contribution in [1.29, 1.82) is 0 Å². The Labute approximate surface area is 136 Å². The third-order valence-electron chi connectivity index (χ3n) is 4.27. The lowest BCUT2D eigenvalue weighted by Gasteiger charge is -2.22. The molecule has 2 N–H and O–H groups in total. The highest BCUT2D eigenvalue weighted by atomic mass is 32.2. The van der Waals surface area contributed by atoms with Crippen molar-refractivity contribution in [3.63, 3.8) is 0 Å². The van der Waals surface area contributed by atoms with E-state index in [1.165, 1.54) is 6.07 Å². The molecule has 23 heavy (non-hydrogen) atoms. The van der Waals surface area contributed by atoms with E-state index in [1.807, 2.05) is 6.92 Å². The first-order chi connectivity index (χ1) is 10.8. The molecule has 5 nitrogen and oxygen atoms in total.